The Morgan fingerprint density at radius 1 is 0.962 bits per heavy atom. The first-order chi connectivity index (χ1) is 12.8. The highest BCUT2D eigenvalue weighted by atomic mass is 16.5. The summed E-state index contributed by atoms with van der Waals surface area (Å²) in [7, 11) is 1.64. The zero-order chi connectivity index (χ0) is 18.2. The van der Waals surface area contributed by atoms with Gasteiger partial charge in [0.15, 0.2) is 0 Å². The first-order valence-corrected chi connectivity index (χ1v) is 8.59. The van der Waals surface area contributed by atoms with Crippen LogP contribution in [0.25, 0.3) is 11.1 Å². The molecule has 0 amide bonds. The maximum Gasteiger partial charge on any atom is 0.227 e. The lowest BCUT2D eigenvalue weighted by Gasteiger charge is -2.12. The molecule has 0 aliphatic carbocycles. The number of ether oxygens (including phenoxy) is 3. The molecular formula is C21H22N2O3. The van der Waals surface area contributed by atoms with E-state index in [2.05, 4.69) is 9.97 Å². The highest BCUT2D eigenvalue weighted by Gasteiger charge is 2.13. The van der Waals surface area contributed by atoms with Gasteiger partial charge in [0.1, 0.15) is 11.5 Å². The lowest BCUT2D eigenvalue weighted by Crippen LogP contribution is -1.98. The van der Waals surface area contributed by atoms with Crippen LogP contribution in [0, 0.1) is 0 Å². The average molecular weight is 350 g/mol. The molecule has 0 saturated heterocycles. The molecule has 3 aromatic rings. The van der Waals surface area contributed by atoms with Crippen LogP contribution in [-0.4, -0.2) is 30.3 Å². The predicted octanol–water partition coefficient (Wildman–Crippen LogP) is 4.52. The standard InChI is InChI=1S/C21H22N2O3/c1-3-25-14-11-16-6-8-17(9-7-16)26-21-18(5-4-12-23-21)19-15-22-13-10-20(19)24-2/h4-10,12-13,15H,3,11,14H2,1-2H3. The van der Waals surface area contributed by atoms with Crippen LogP contribution in [0.15, 0.2) is 61.1 Å². The van der Waals surface area contributed by atoms with Gasteiger partial charge in [-0.2, -0.15) is 0 Å². The van der Waals surface area contributed by atoms with E-state index in [1.807, 2.05) is 49.4 Å². The first kappa shape index (κ1) is 17.9. The van der Waals surface area contributed by atoms with Crippen LogP contribution in [0.5, 0.6) is 17.4 Å². The fourth-order valence-electron chi connectivity index (χ4n) is 2.61. The molecule has 134 valence electrons. The van der Waals surface area contributed by atoms with Crippen molar-refractivity contribution in [1.82, 2.24) is 9.97 Å². The summed E-state index contributed by atoms with van der Waals surface area (Å²) in [6, 6.07) is 13.6. The first-order valence-electron chi connectivity index (χ1n) is 8.59. The Bertz CT molecular complexity index is 835. The van der Waals surface area contributed by atoms with Crippen molar-refractivity contribution < 1.29 is 14.2 Å². The van der Waals surface area contributed by atoms with Gasteiger partial charge in [-0.05, 0) is 49.2 Å². The van der Waals surface area contributed by atoms with Gasteiger partial charge in [0.05, 0.1) is 13.7 Å². The molecule has 2 aromatic heterocycles. The molecular weight excluding hydrogens is 328 g/mol. The number of pyridine rings is 2. The SMILES string of the molecule is CCOCCc1ccc(Oc2ncccc2-c2cnccc2OC)cc1. The lowest BCUT2D eigenvalue weighted by atomic mass is 10.1. The summed E-state index contributed by atoms with van der Waals surface area (Å²) in [5, 5.41) is 0. The van der Waals surface area contributed by atoms with Crippen LogP contribution in [-0.2, 0) is 11.2 Å². The van der Waals surface area contributed by atoms with Crippen LogP contribution in [0.3, 0.4) is 0 Å². The Labute approximate surface area is 153 Å². The second-order valence-electron chi connectivity index (χ2n) is 5.63. The molecule has 1 aromatic carbocycles. The Morgan fingerprint density at radius 2 is 1.81 bits per heavy atom. The van der Waals surface area contributed by atoms with Gasteiger partial charge in [-0.15, -0.1) is 0 Å². The number of hydrogen-bond acceptors (Lipinski definition) is 5. The molecule has 0 N–H and O–H groups in total. The summed E-state index contributed by atoms with van der Waals surface area (Å²) < 4.78 is 16.8. The summed E-state index contributed by atoms with van der Waals surface area (Å²) in [6.45, 7) is 3.46. The minimum atomic E-state index is 0.515. The topological polar surface area (TPSA) is 53.5 Å². The van der Waals surface area contributed by atoms with E-state index in [4.69, 9.17) is 14.2 Å². The minimum absolute atomic E-state index is 0.515. The molecule has 5 heteroatoms. The van der Waals surface area contributed by atoms with Gasteiger partial charge >= 0.3 is 0 Å². The van der Waals surface area contributed by atoms with E-state index >= 15 is 0 Å². The minimum Gasteiger partial charge on any atom is -0.496 e. The monoisotopic (exact) mass is 350 g/mol. The molecule has 0 unspecified atom stereocenters. The molecule has 0 radical (unpaired) electrons. The third kappa shape index (κ3) is 4.37. The van der Waals surface area contributed by atoms with Crippen molar-refractivity contribution in [1.29, 1.82) is 0 Å². The molecule has 3 rings (SSSR count). The maximum absolute atomic E-state index is 6.02. The molecule has 0 bridgehead atoms. The fraction of sp³-hybridized carbons (Fsp3) is 0.238. The molecule has 2 heterocycles. The number of benzene rings is 1. The van der Waals surface area contributed by atoms with Crippen molar-refractivity contribution in [3.05, 3.63) is 66.6 Å². The normalized spacial score (nSPS) is 10.5. The van der Waals surface area contributed by atoms with E-state index in [-0.39, 0.29) is 0 Å². The van der Waals surface area contributed by atoms with E-state index in [0.717, 1.165) is 42.3 Å². The van der Waals surface area contributed by atoms with E-state index < -0.39 is 0 Å². The Hall–Kier alpha value is -2.92. The van der Waals surface area contributed by atoms with Crippen molar-refractivity contribution in [3.8, 4) is 28.5 Å². The Kier molecular flexibility index (Phi) is 6.17. The van der Waals surface area contributed by atoms with Gasteiger partial charge in [0, 0.05) is 36.3 Å². The number of aromatic nitrogens is 2. The predicted molar refractivity (Wildman–Crippen MR) is 101 cm³/mol. The van der Waals surface area contributed by atoms with Gasteiger partial charge in [0.25, 0.3) is 0 Å². The highest BCUT2D eigenvalue weighted by Crippen LogP contribution is 2.36. The van der Waals surface area contributed by atoms with Crippen molar-refractivity contribution in [2.24, 2.45) is 0 Å². The maximum atomic E-state index is 6.02. The fourth-order valence-corrected chi connectivity index (χ4v) is 2.61. The van der Waals surface area contributed by atoms with Crippen LogP contribution in [0.4, 0.5) is 0 Å². The van der Waals surface area contributed by atoms with E-state index in [0.29, 0.717) is 5.88 Å². The van der Waals surface area contributed by atoms with Gasteiger partial charge in [0.2, 0.25) is 5.88 Å². The van der Waals surface area contributed by atoms with Gasteiger partial charge in [-0.1, -0.05) is 12.1 Å². The molecule has 0 atom stereocenters. The Morgan fingerprint density at radius 3 is 2.58 bits per heavy atom. The second kappa shape index (κ2) is 8.97. The molecule has 0 fully saturated rings. The third-order valence-corrected chi connectivity index (χ3v) is 3.94. The third-order valence-electron chi connectivity index (χ3n) is 3.94. The number of nitrogens with zero attached hydrogens (tertiary/aromatic N) is 2. The quantitative estimate of drug-likeness (QED) is 0.559. The molecule has 0 aliphatic heterocycles. The smallest absolute Gasteiger partial charge is 0.227 e. The summed E-state index contributed by atoms with van der Waals surface area (Å²) in [5.74, 6) is 1.97. The second-order valence-corrected chi connectivity index (χ2v) is 5.63. The number of hydrogen-bond donors (Lipinski definition) is 0. The van der Waals surface area contributed by atoms with E-state index in [1.165, 1.54) is 5.56 Å². The van der Waals surface area contributed by atoms with Crippen molar-refractivity contribution in [2.45, 2.75) is 13.3 Å². The van der Waals surface area contributed by atoms with Crippen LogP contribution in [0.1, 0.15) is 12.5 Å². The van der Waals surface area contributed by atoms with E-state index in [9.17, 15) is 0 Å². The summed E-state index contributed by atoms with van der Waals surface area (Å²) in [6.07, 6.45) is 6.04. The van der Waals surface area contributed by atoms with Crippen LogP contribution in [0.2, 0.25) is 0 Å². The Balaban J connectivity index is 1.81. The number of rotatable bonds is 8. The molecule has 5 nitrogen and oxygen atoms in total. The molecule has 26 heavy (non-hydrogen) atoms. The van der Waals surface area contributed by atoms with Crippen LogP contribution >= 0.6 is 0 Å². The van der Waals surface area contributed by atoms with Crippen molar-refractivity contribution in [2.75, 3.05) is 20.3 Å². The zero-order valence-electron chi connectivity index (χ0n) is 15.0. The molecule has 0 aliphatic rings. The summed E-state index contributed by atoms with van der Waals surface area (Å²) in [5.41, 5.74) is 2.88. The van der Waals surface area contributed by atoms with Gasteiger partial charge < -0.3 is 14.2 Å². The summed E-state index contributed by atoms with van der Waals surface area (Å²) >= 11 is 0. The van der Waals surface area contributed by atoms with E-state index in [1.54, 1.807) is 25.7 Å². The van der Waals surface area contributed by atoms with Gasteiger partial charge in [-0.25, -0.2) is 4.98 Å². The molecule has 0 saturated carbocycles. The van der Waals surface area contributed by atoms with Crippen molar-refractivity contribution in [3.63, 3.8) is 0 Å². The van der Waals surface area contributed by atoms with Gasteiger partial charge in [-0.3, -0.25) is 4.98 Å². The lowest BCUT2D eigenvalue weighted by molar-refractivity contribution is 0.151. The van der Waals surface area contributed by atoms with Crippen LogP contribution < -0.4 is 9.47 Å². The molecule has 0 spiro atoms. The highest BCUT2D eigenvalue weighted by molar-refractivity contribution is 5.73. The van der Waals surface area contributed by atoms with Crippen molar-refractivity contribution >= 4 is 0 Å². The number of methoxy groups -OCH3 is 1. The zero-order valence-corrected chi connectivity index (χ0v) is 15.0. The largest absolute Gasteiger partial charge is 0.496 e. The summed E-state index contributed by atoms with van der Waals surface area (Å²) in [4.78, 5) is 8.57. The average Bonchev–Trinajstić information content (AvgIpc) is 2.70.